The molecule has 0 spiro atoms. The minimum absolute atomic E-state index is 0.0739. The van der Waals surface area contributed by atoms with Crippen molar-refractivity contribution in [1.82, 2.24) is 0 Å². The lowest BCUT2D eigenvalue weighted by molar-refractivity contribution is -0.192. The van der Waals surface area contributed by atoms with Gasteiger partial charge in [-0.25, -0.2) is 0 Å². The Morgan fingerprint density at radius 1 is 0.786 bits per heavy atom. The molecule has 0 aliphatic heterocycles. The number of methoxy groups -OCH3 is 1. The highest BCUT2D eigenvalue weighted by molar-refractivity contribution is 6.70. The minimum Gasteiger partial charge on any atom is -0.469 e. The summed E-state index contributed by atoms with van der Waals surface area (Å²) in [4.78, 5) is 12.1. The molecular weight excluding hydrogens is 573 g/mol. The van der Waals surface area contributed by atoms with Gasteiger partial charge in [0.05, 0.1) is 25.4 Å². The maximum Gasteiger partial charge on any atom is 0.305 e. The predicted molar refractivity (Wildman–Crippen MR) is 181 cm³/mol. The molecule has 0 heterocycles. The molecule has 0 aromatic carbocycles. The molecule has 244 valence electrons. The van der Waals surface area contributed by atoms with Crippen LogP contribution in [0.5, 0.6) is 0 Å². The SMILES string of the molecule is COC(=O)CC[C@@H](C)[C@H]1CCC2C3CC[C@@H]4[C@@H](O[Si](C)(C)C)[C@H](O[Si](C)(C)C)CC[C@]4(C)C3C[C@H](O[Si](C)(C)C)[C@@]21C. The Morgan fingerprint density at radius 2 is 1.38 bits per heavy atom. The molecule has 11 atom stereocenters. The zero-order valence-electron chi connectivity index (χ0n) is 29.6. The van der Waals surface area contributed by atoms with Gasteiger partial charge in [-0.05, 0) is 157 Å². The van der Waals surface area contributed by atoms with Crippen LogP contribution in [0.15, 0.2) is 0 Å². The van der Waals surface area contributed by atoms with Crippen LogP contribution in [0.1, 0.15) is 78.6 Å². The van der Waals surface area contributed by atoms with Crippen molar-refractivity contribution < 1.29 is 22.8 Å². The second kappa shape index (κ2) is 12.3. The van der Waals surface area contributed by atoms with E-state index in [-0.39, 0.29) is 29.0 Å². The number of fused-ring (bicyclic) bond motifs is 5. The average Bonchev–Trinajstić information content (AvgIpc) is 3.20. The maximum atomic E-state index is 12.1. The van der Waals surface area contributed by atoms with Gasteiger partial charge in [0.1, 0.15) is 0 Å². The van der Waals surface area contributed by atoms with Crippen LogP contribution in [0.25, 0.3) is 0 Å². The van der Waals surface area contributed by atoms with Crippen LogP contribution in [-0.4, -0.2) is 56.3 Å². The number of hydrogen-bond donors (Lipinski definition) is 0. The largest absolute Gasteiger partial charge is 0.469 e. The van der Waals surface area contributed by atoms with Crippen LogP contribution in [-0.2, 0) is 22.8 Å². The zero-order valence-corrected chi connectivity index (χ0v) is 32.6. The number of ether oxygens (including phenoxy) is 1. The molecule has 42 heavy (non-hydrogen) atoms. The number of hydrogen-bond acceptors (Lipinski definition) is 5. The third kappa shape index (κ3) is 7.19. The summed E-state index contributed by atoms with van der Waals surface area (Å²) in [7, 11) is -3.70. The van der Waals surface area contributed by atoms with E-state index in [2.05, 4.69) is 79.7 Å². The molecule has 4 rings (SSSR count). The van der Waals surface area contributed by atoms with Gasteiger partial charge in [-0.1, -0.05) is 20.8 Å². The van der Waals surface area contributed by atoms with Gasteiger partial charge in [-0.2, -0.15) is 0 Å². The average molecular weight is 639 g/mol. The van der Waals surface area contributed by atoms with Crippen LogP contribution in [0, 0.1) is 46.3 Å². The second-order valence-corrected chi connectivity index (χ2v) is 31.5. The standard InChI is InChI=1S/C34H66O5Si3/c1-23(14-19-31(35)36-4)25-17-18-26-24-15-16-27-32(39-42(11,12)13)29(37-40(5,6)7)20-21-33(27,2)28(24)22-30(34(25,26)3)38-41(8,9)10/h23-30,32H,14-22H2,1-13H3/t23-,24?,25-,26?,27-,28?,29-,30+,32-,33+,34-/m1/s1. The summed E-state index contributed by atoms with van der Waals surface area (Å²) >= 11 is 0. The fraction of sp³-hybridized carbons (Fsp3) is 0.971. The molecule has 0 aromatic heterocycles. The van der Waals surface area contributed by atoms with Gasteiger partial charge in [0.15, 0.2) is 25.0 Å². The number of esters is 1. The summed E-state index contributed by atoms with van der Waals surface area (Å²) < 4.78 is 26.4. The van der Waals surface area contributed by atoms with Crippen LogP contribution >= 0.6 is 0 Å². The molecule has 3 unspecified atom stereocenters. The summed E-state index contributed by atoms with van der Waals surface area (Å²) in [5.74, 6) is 3.73. The quantitative estimate of drug-likeness (QED) is 0.176. The number of rotatable bonds is 10. The lowest BCUT2D eigenvalue weighted by atomic mass is 9.43. The van der Waals surface area contributed by atoms with Crippen molar-refractivity contribution in [2.24, 2.45) is 46.3 Å². The van der Waals surface area contributed by atoms with E-state index in [1.807, 2.05) is 0 Å². The van der Waals surface area contributed by atoms with Gasteiger partial charge < -0.3 is 18.0 Å². The molecule has 0 bridgehead atoms. The molecule has 4 aliphatic rings. The molecule has 0 saturated heterocycles. The molecule has 8 heteroatoms. The second-order valence-electron chi connectivity index (χ2n) is 18.2. The lowest BCUT2D eigenvalue weighted by Crippen LogP contribution is -2.64. The first-order valence-corrected chi connectivity index (χ1v) is 27.5. The highest BCUT2D eigenvalue weighted by atomic mass is 28.4. The molecule has 4 fully saturated rings. The fourth-order valence-electron chi connectivity index (χ4n) is 10.6. The summed E-state index contributed by atoms with van der Waals surface area (Å²) in [6, 6.07) is 0. The Kier molecular flexibility index (Phi) is 10.2. The smallest absolute Gasteiger partial charge is 0.305 e. The van der Waals surface area contributed by atoms with E-state index in [0.717, 1.165) is 18.8 Å². The first-order valence-electron chi connectivity index (χ1n) is 17.3. The molecular formula is C34H66O5Si3. The van der Waals surface area contributed by atoms with Gasteiger partial charge in [0, 0.05) is 6.42 Å². The fourth-order valence-corrected chi connectivity index (χ4v) is 14.1. The van der Waals surface area contributed by atoms with E-state index in [9.17, 15) is 4.79 Å². The van der Waals surface area contributed by atoms with E-state index in [0.29, 0.717) is 42.1 Å². The van der Waals surface area contributed by atoms with Gasteiger partial charge in [-0.15, -0.1) is 0 Å². The first-order chi connectivity index (χ1) is 19.2. The van der Waals surface area contributed by atoms with E-state index in [1.165, 1.54) is 45.6 Å². The molecule has 4 aliphatic carbocycles. The van der Waals surface area contributed by atoms with Crippen molar-refractivity contribution in [1.29, 1.82) is 0 Å². The van der Waals surface area contributed by atoms with Gasteiger partial charge in [-0.3, -0.25) is 4.79 Å². The highest BCUT2D eigenvalue weighted by Gasteiger charge is 2.66. The van der Waals surface area contributed by atoms with Gasteiger partial charge in [0.25, 0.3) is 0 Å². The van der Waals surface area contributed by atoms with Crippen molar-refractivity contribution in [2.75, 3.05) is 7.11 Å². The summed E-state index contributed by atoms with van der Waals surface area (Å²) in [5.41, 5.74) is 0.441. The molecule has 0 amide bonds. The Bertz CT molecular complexity index is 954. The van der Waals surface area contributed by atoms with Crippen molar-refractivity contribution in [2.45, 2.75) is 156 Å². The maximum absolute atomic E-state index is 12.1. The van der Waals surface area contributed by atoms with Crippen molar-refractivity contribution in [3.63, 3.8) is 0 Å². The summed E-state index contributed by atoms with van der Waals surface area (Å²) in [5, 5.41) is 0. The lowest BCUT2D eigenvalue weighted by Gasteiger charge is -2.65. The van der Waals surface area contributed by atoms with Crippen LogP contribution < -0.4 is 0 Å². The molecule has 5 nitrogen and oxygen atoms in total. The van der Waals surface area contributed by atoms with E-state index in [4.69, 9.17) is 18.0 Å². The topological polar surface area (TPSA) is 54.0 Å². The number of carbonyl (C=O) groups is 1. The van der Waals surface area contributed by atoms with E-state index in [1.54, 1.807) is 0 Å². The molecule has 0 aromatic rings. The molecule has 0 radical (unpaired) electrons. The van der Waals surface area contributed by atoms with E-state index >= 15 is 0 Å². The Morgan fingerprint density at radius 3 is 1.95 bits per heavy atom. The van der Waals surface area contributed by atoms with Crippen LogP contribution in [0.4, 0.5) is 0 Å². The Balaban J connectivity index is 1.67. The minimum atomic E-state index is -1.77. The third-order valence-corrected chi connectivity index (χ3v) is 15.0. The monoisotopic (exact) mass is 638 g/mol. The number of carbonyl (C=O) groups excluding carboxylic acids is 1. The molecule has 0 N–H and O–H groups in total. The zero-order chi connectivity index (χ0) is 31.5. The van der Waals surface area contributed by atoms with Crippen molar-refractivity contribution in [3.05, 3.63) is 0 Å². The van der Waals surface area contributed by atoms with Crippen LogP contribution in [0.3, 0.4) is 0 Å². The van der Waals surface area contributed by atoms with Crippen molar-refractivity contribution in [3.8, 4) is 0 Å². The predicted octanol–water partition coefficient (Wildman–Crippen LogP) is 9.11. The summed E-state index contributed by atoms with van der Waals surface area (Å²) in [6.07, 6.45) is 11.0. The molecule has 4 saturated carbocycles. The third-order valence-electron chi connectivity index (χ3n) is 12.0. The Labute approximate surface area is 262 Å². The van der Waals surface area contributed by atoms with Gasteiger partial charge in [0.2, 0.25) is 0 Å². The highest BCUT2D eigenvalue weighted by Crippen LogP contribution is 2.69. The first kappa shape index (κ1) is 34.9. The summed E-state index contributed by atoms with van der Waals surface area (Å²) in [6.45, 7) is 28.9. The normalized spacial score (nSPS) is 41.5. The Hall–Kier alpha value is 0.000649. The van der Waals surface area contributed by atoms with Crippen LogP contribution in [0.2, 0.25) is 58.9 Å². The van der Waals surface area contributed by atoms with Crippen molar-refractivity contribution >= 4 is 30.9 Å². The van der Waals surface area contributed by atoms with Gasteiger partial charge >= 0.3 is 5.97 Å². The van der Waals surface area contributed by atoms with E-state index < -0.39 is 25.0 Å².